The highest BCUT2D eigenvalue weighted by Gasteiger charge is 2.30. The topological polar surface area (TPSA) is 80.9 Å². The van der Waals surface area contributed by atoms with Crippen LogP contribution in [0, 0.1) is 6.92 Å². The molecule has 0 atom stereocenters. The highest BCUT2D eigenvalue weighted by Crippen LogP contribution is 2.28. The summed E-state index contributed by atoms with van der Waals surface area (Å²) >= 11 is 0. The summed E-state index contributed by atoms with van der Waals surface area (Å²) in [6, 6.07) is 2.13. The molecule has 3 aromatic heterocycles. The lowest BCUT2D eigenvalue weighted by Gasteiger charge is -2.08. The van der Waals surface area contributed by atoms with Gasteiger partial charge in [0.25, 0.3) is 5.91 Å². The average Bonchev–Trinajstić information content (AvgIpc) is 3.25. The van der Waals surface area contributed by atoms with Gasteiger partial charge in [0.05, 0.1) is 41.4 Å². The molecule has 0 aliphatic heterocycles. The second-order valence-electron chi connectivity index (χ2n) is 6.71. The molecule has 8 nitrogen and oxygen atoms in total. The molecule has 0 aliphatic carbocycles. The predicted octanol–water partition coefficient (Wildman–Crippen LogP) is 2.60. The maximum absolute atomic E-state index is 12.7. The van der Waals surface area contributed by atoms with Crippen molar-refractivity contribution in [2.24, 2.45) is 0 Å². The fraction of sp³-hybridized carbons (Fsp3) is 0.333. The van der Waals surface area contributed by atoms with E-state index in [1.54, 1.807) is 24.0 Å². The van der Waals surface area contributed by atoms with Gasteiger partial charge in [-0.25, -0.2) is 9.67 Å². The number of alkyl halides is 3. The summed E-state index contributed by atoms with van der Waals surface area (Å²) in [5, 5.41) is 11.0. The van der Waals surface area contributed by atoms with Crippen LogP contribution in [0.5, 0.6) is 0 Å². The third-order valence-electron chi connectivity index (χ3n) is 4.21. The molecule has 154 valence electrons. The Morgan fingerprint density at radius 2 is 1.93 bits per heavy atom. The van der Waals surface area contributed by atoms with E-state index in [1.807, 2.05) is 19.0 Å². The van der Waals surface area contributed by atoms with Crippen LogP contribution < -0.4 is 5.32 Å². The number of anilines is 1. The highest BCUT2D eigenvalue weighted by atomic mass is 19.4. The third kappa shape index (κ3) is 4.80. The standard InChI is InChI=1S/C18H20F3N7O/c1-12-15(17(29)25-14-9-23-27(11-14)7-6-26(2)3)10-24-28(12)16-5-4-13(8-22-16)18(19,20)21/h4-5,8-11H,6-7H2,1-3H3,(H,25,29). The summed E-state index contributed by atoms with van der Waals surface area (Å²) in [5.41, 5.74) is 0.423. The number of carbonyl (C=O) groups is 1. The Hall–Kier alpha value is -3.21. The Balaban J connectivity index is 1.72. The van der Waals surface area contributed by atoms with Crippen LogP contribution >= 0.6 is 0 Å². The number of aromatic nitrogens is 5. The average molecular weight is 407 g/mol. The number of nitrogens with zero attached hydrogens (tertiary/aromatic N) is 6. The number of rotatable bonds is 6. The van der Waals surface area contributed by atoms with Crippen LogP contribution in [0.15, 0.2) is 36.9 Å². The molecule has 11 heteroatoms. The molecule has 0 aromatic carbocycles. The molecule has 3 rings (SSSR count). The minimum atomic E-state index is -4.47. The monoisotopic (exact) mass is 407 g/mol. The van der Waals surface area contributed by atoms with E-state index in [0.29, 0.717) is 17.9 Å². The Bertz CT molecular complexity index is 990. The number of amides is 1. The van der Waals surface area contributed by atoms with Gasteiger partial charge in [0.1, 0.15) is 0 Å². The quantitative estimate of drug-likeness (QED) is 0.679. The molecular weight excluding hydrogens is 387 g/mol. The van der Waals surface area contributed by atoms with Crippen LogP contribution in [0.1, 0.15) is 21.6 Å². The number of pyridine rings is 1. The van der Waals surface area contributed by atoms with E-state index in [9.17, 15) is 18.0 Å². The lowest BCUT2D eigenvalue weighted by Crippen LogP contribution is -2.18. The molecule has 29 heavy (non-hydrogen) atoms. The molecule has 3 aromatic rings. The first-order valence-corrected chi connectivity index (χ1v) is 8.72. The number of likely N-dealkylation sites (N-methyl/N-ethyl adjacent to an activating group) is 1. The smallest absolute Gasteiger partial charge is 0.319 e. The van der Waals surface area contributed by atoms with Crippen molar-refractivity contribution in [1.29, 1.82) is 0 Å². The van der Waals surface area contributed by atoms with Gasteiger partial charge in [-0.05, 0) is 33.2 Å². The predicted molar refractivity (Wildman–Crippen MR) is 99.8 cm³/mol. The first kappa shape index (κ1) is 20.5. The minimum absolute atomic E-state index is 0.186. The summed E-state index contributed by atoms with van der Waals surface area (Å²) in [7, 11) is 3.91. The molecule has 0 aliphatic rings. The molecule has 1 N–H and O–H groups in total. The maximum atomic E-state index is 12.7. The fourth-order valence-corrected chi connectivity index (χ4v) is 2.59. The van der Waals surface area contributed by atoms with Gasteiger partial charge in [0.2, 0.25) is 0 Å². The normalized spacial score (nSPS) is 11.8. The van der Waals surface area contributed by atoms with E-state index >= 15 is 0 Å². The van der Waals surface area contributed by atoms with E-state index in [-0.39, 0.29) is 11.4 Å². The van der Waals surface area contributed by atoms with Crippen molar-refractivity contribution in [3.63, 3.8) is 0 Å². The fourth-order valence-electron chi connectivity index (χ4n) is 2.59. The van der Waals surface area contributed by atoms with E-state index < -0.39 is 17.6 Å². The Morgan fingerprint density at radius 3 is 2.55 bits per heavy atom. The zero-order valence-corrected chi connectivity index (χ0v) is 16.1. The molecular formula is C18H20F3N7O. The Kier molecular flexibility index (Phi) is 5.69. The number of carbonyl (C=O) groups excluding carboxylic acids is 1. The van der Waals surface area contributed by atoms with Gasteiger partial charge in [-0.15, -0.1) is 0 Å². The number of nitrogens with one attached hydrogen (secondary N) is 1. The number of halogens is 3. The minimum Gasteiger partial charge on any atom is -0.319 e. The molecule has 0 radical (unpaired) electrons. The van der Waals surface area contributed by atoms with Crippen molar-refractivity contribution in [1.82, 2.24) is 29.4 Å². The molecule has 0 saturated carbocycles. The summed E-state index contributed by atoms with van der Waals surface area (Å²) in [5.74, 6) is -0.209. The van der Waals surface area contributed by atoms with Gasteiger partial charge in [-0.1, -0.05) is 0 Å². The Labute approximate surface area is 165 Å². The summed E-state index contributed by atoms with van der Waals surface area (Å²) in [6.07, 6.45) is 0.884. The molecule has 0 spiro atoms. The zero-order chi connectivity index (χ0) is 21.2. The van der Waals surface area contributed by atoms with Crippen LogP contribution in [-0.4, -0.2) is 56.0 Å². The lowest BCUT2D eigenvalue weighted by atomic mass is 10.2. The molecule has 3 heterocycles. The van der Waals surface area contributed by atoms with Crippen molar-refractivity contribution < 1.29 is 18.0 Å². The van der Waals surface area contributed by atoms with Crippen molar-refractivity contribution in [3.05, 3.63) is 53.7 Å². The van der Waals surface area contributed by atoms with Crippen LogP contribution in [0.3, 0.4) is 0 Å². The van der Waals surface area contributed by atoms with Crippen LogP contribution in [0.2, 0.25) is 0 Å². The van der Waals surface area contributed by atoms with E-state index in [0.717, 1.165) is 18.8 Å². The lowest BCUT2D eigenvalue weighted by molar-refractivity contribution is -0.137. The van der Waals surface area contributed by atoms with Gasteiger partial charge >= 0.3 is 6.18 Å². The molecule has 1 amide bonds. The second kappa shape index (κ2) is 8.03. The molecule has 0 unspecified atom stereocenters. The summed E-state index contributed by atoms with van der Waals surface area (Å²) < 4.78 is 41.1. The summed E-state index contributed by atoms with van der Waals surface area (Å²) in [4.78, 5) is 18.4. The van der Waals surface area contributed by atoms with E-state index in [2.05, 4.69) is 20.5 Å². The van der Waals surface area contributed by atoms with Gasteiger partial charge in [0, 0.05) is 18.9 Å². The van der Waals surface area contributed by atoms with Gasteiger partial charge < -0.3 is 10.2 Å². The molecule has 0 bridgehead atoms. The largest absolute Gasteiger partial charge is 0.417 e. The third-order valence-corrected chi connectivity index (χ3v) is 4.21. The Morgan fingerprint density at radius 1 is 1.17 bits per heavy atom. The first-order chi connectivity index (χ1) is 13.6. The zero-order valence-electron chi connectivity index (χ0n) is 16.1. The van der Waals surface area contributed by atoms with E-state index in [4.69, 9.17) is 0 Å². The van der Waals surface area contributed by atoms with Gasteiger partial charge in [-0.2, -0.15) is 23.4 Å². The first-order valence-electron chi connectivity index (χ1n) is 8.72. The van der Waals surface area contributed by atoms with Crippen LogP contribution in [0.4, 0.5) is 18.9 Å². The SMILES string of the molecule is Cc1c(C(=O)Nc2cnn(CCN(C)C)c2)cnn1-c1ccc(C(F)(F)F)cn1. The van der Waals surface area contributed by atoms with Crippen molar-refractivity contribution in [2.45, 2.75) is 19.6 Å². The van der Waals surface area contributed by atoms with Gasteiger partial charge in [0.15, 0.2) is 5.82 Å². The highest BCUT2D eigenvalue weighted by molar-refractivity contribution is 6.04. The summed E-state index contributed by atoms with van der Waals surface area (Å²) in [6.45, 7) is 3.13. The van der Waals surface area contributed by atoms with Crippen LogP contribution in [-0.2, 0) is 12.7 Å². The molecule has 0 saturated heterocycles. The number of hydrogen-bond donors (Lipinski definition) is 1. The second-order valence-corrected chi connectivity index (χ2v) is 6.71. The van der Waals surface area contributed by atoms with Gasteiger partial charge in [-0.3, -0.25) is 9.48 Å². The number of hydrogen-bond acceptors (Lipinski definition) is 5. The van der Waals surface area contributed by atoms with Crippen molar-refractivity contribution in [3.8, 4) is 5.82 Å². The maximum Gasteiger partial charge on any atom is 0.417 e. The van der Waals surface area contributed by atoms with Crippen LogP contribution in [0.25, 0.3) is 5.82 Å². The van der Waals surface area contributed by atoms with E-state index in [1.165, 1.54) is 16.9 Å². The van der Waals surface area contributed by atoms with Crippen molar-refractivity contribution >= 4 is 11.6 Å². The molecule has 0 fully saturated rings. The van der Waals surface area contributed by atoms with Crippen molar-refractivity contribution in [2.75, 3.05) is 26.0 Å².